The number of thiol groups is 1. The van der Waals surface area contributed by atoms with Crippen molar-refractivity contribution in [3.05, 3.63) is 77.4 Å². The first-order chi connectivity index (χ1) is 15.5. The van der Waals surface area contributed by atoms with Crippen LogP contribution in [0.5, 0.6) is 0 Å². The summed E-state index contributed by atoms with van der Waals surface area (Å²) in [5, 5.41) is 11.9. The third kappa shape index (κ3) is 5.23. The van der Waals surface area contributed by atoms with Gasteiger partial charge in [-0.25, -0.2) is 0 Å². The molecule has 6 heteroatoms. The Morgan fingerprint density at radius 3 is 2.38 bits per heavy atom. The van der Waals surface area contributed by atoms with Crippen LogP contribution in [0.25, 0.3) is 5.69 Å². The van der Waals surface area contributed by atoms with Crippen LogP contribution in [-0.2, 0) is 6.42 Å². The van der Waals surface area contributed by atoms with Crippen LogP contribution in [0.4, 0.5) is 0 Å². The molecule has 2 aromatic carbocycles. The number of nitrogens with zero attached hydrogens (tertiary/aromatic N) is 3. The first-order valence-electron chi connectivity index (χ1n) is 11.6. The number of rotatable bonds is 7. The minimum absolute atomic E-state index is 0.00540. The number of nitrogens with one attached hydrogen (secondary N) is 1. The molecule has 32 heavy (non-hydrogen) atoms. The number of hydrogen-bond donors (Lipinski definition) is 2. The lowest BCUT2D eigenvalue weighted by molar-refractivity contribution is 0.0927. The predicted octanol–water partition coefficient (Wildman–Crippen LogP) is 5.55. The highest BCUT2D eigenvalue weighted by molar-refractivity contribution is 7.80. The molecule has 4 rings (SSSR count). The number of carbonyl (C=O) groups is 1. The summed E-state index contributed by atoms with van der Waals surface area (Å²) in [6, 6.07) is 18.2. The van der Waals surface area contributed by atoms with Crippen molar-refractivity contribution in [2.45, 2.75) is 63.7 Å². The SMILES string of the molecule is CC(C)Cc1nnc(C(S)c2ccc(C(=O)NC3CCCCC3)cc2)n1-c1ccccc1. The molecular formula is C26H32N4OS. The van der Waals surface area contributed by atoms with Crippen LogP contribution >= 0.6 is 12.6 Å². The summed E-state index contributed by atoms with van der Waals surface area (Å²) >= 11 is 4.90. The normalized spacial score (nSPS) is 15.6. The van der Waals surface area contributed by atoms with Gasteiger partial charge >= 0.3 is 0 Å². The van der Waals surface area contributed by atoms with Crippen molar-refractivity contribution in [1.29, 1.82) is 0 Å². The van der Waals surface area contributed by atoms with Gasteiger partial charge in [0.25, 0.3) is 5.91 Å². The molecule has 0 saturated heterocycles. The van der Waals surface area contributed by atoms with E-state index in [9.17, 15) is 4.79 Å². The monoisotopic (exact) mass is 448 g/mol. The van der Waals surface area contributed by atoms with Crippen molar-refractivity contribution < 1.29 is 4.79 Å². The van der Waals surface area contributed by atoms with Gasteiger partial charge < -0.3 is 5.32 Å². The second-order valence-electron chi connectivity index (χ2n) is 9.08. The number of benzene rings is 2. The molecule has 1 atom stereocenters. The molecule has 1 heterocycles. The van der Waals surface area contributed by atoms with E-state index in [1.165, 1.54) is 19.3 Å². The zero-order chi connectivity index (χ0) is 22.5. The number of para-hydroxylation sites is 1. The number of amides is 1. The summed E-state index contributed by atoms with van der Waals surface area (Å²) in [6.07, 6.45) is 6.67. The highest BCUT2D eigenvalue weighted by atomic mass is 32.1. The van der Waals surface area contributed by atoms with Gasteiger partial charge in [-0.1, -0.05) is 63.4 Å². The first kappa shape index (κ1) is 22.6. The zero-order valence-corrected chi connectivity index (χ0v) is 19.8. The molecule has 1 aromatic heterocycles. The third-order valence-corrected chi connectivity index (χ3v) is 6.56. The summed E-state index contributed by atoms with van der Waals surface area (Å²) in [4.78, 5) is 12.7. The van der Waals surface area contributed by atoms with E-state index in [1.807, 2.05) is 42.5 Å². The number of carbonyl (C=O) groups excluding carboxylic acids is 1. The van der Waals surface area contributed by atoms with E-state index < -0.39 is 0 Å². The van der Waals surface area contributed by atoms with Crippen molar-refractivity contribution in [2.75, 3.05) is 0 Å². The Bertz CT molecular complexity index is 1020. The van der Waals surface area contributed by atoms with Crippen LogP contribution in [0.3, 0.4) is 0 Å². The smallest absolute Gasteiger partial charge is 0.251 e. The summed E-state index contributed by atoms with van der Waals surface area (Å²) < 4.78 is 2.11. The first-order valence-corrected chi connectivity index (χ1v) is 12.1. The maximum absolute atomic E-state index is 12.7. The molecule has 5 nitrogen and oxygen atoms in total. The topological polar surface area (TPSA) is 59.8 Å². The minimum Gasteiger partial charge on any atom is -0.349 e. The maximum atomic E-state index is 12.7. The molecule has 1 amide bonds. The molecule has 0 spiro atoms. The predicted molar refractivity (Wildman–Crippen MR) is 132 cm³/mol. The molecule has 0 aliphatic heterocycles. The number of hydrogen-bond acceptors (Lipinski definition) is 4. The molecule has 1 fully saturated rings. The van der Waals surface area contributed by atoms with E-state index in [0.717, 1.165) is 42.2 Å². The minimum atomic E-state index is -0.251. The largest absolute Gasteiger partial charge is 0.349 e. The van der Waals surface area contributed by atoms with Crippen LogP contribution in [0.2, 0.25) is 0 Å². The molecule has 0 radical (unpaired) electrons. The molecule has 3 aromatic rings. The molecule has 1 aliphatic rings. The summed E-state index contributed by atoms with van der Waals surface area (Å²) in [6.45, 7) is 4.36. The molecule has 1 N–H and O–H groups in total. The average molecular weight is 449 g/mol. The molecular weight excluding hydrogens is 416 g/mol. The molecule has 1 aliphatic carbocycles. The van der Waals surface area contributed by atoms with Crippen LogP contribution < -0.4 is 5.32 Å². The van der Waals surface area contributed by atoms with Gasteiger partial charge in [0.15, 0.2) is 5.82 Å². The highest BCUT2D eigenvalue weighted by Crippen LogP contribution is 2.30. The van der Waals surface area contributed by atoms with Crippen molar-refractivity contribution in [3.63, 3.8) is 0 Å². The van der Waals surface area contributed by atoms with Gasteiger partial charge in [0, 0.05) is 23.7 Å². The molecule has 1 saturated carbocycles. The fourth-order valence-corrected chi connectivity index (χ4v) is 4.68. The summed E-state index contributed by atoms with van der Waals surface area (Å²) in [5.41, 5.74) is 2.71. The number of aromatic nitrogens is 3. The zero-order valence-electron chi connectivity index (χ0n) is 18.9. The summed E-state index contributed by atoms with van der Waals surface area (Å²) in [5.74, 6) is 2.19. The average Bonchev–Trinajstić information content (AvgIpc) is 3.22. The molecule has 0 bridgehead atoms. The van der Waals surface area contributed by atoms with Gasteiger partial charge in [0.2, 0.25) is 0 Å². The lowest BCUT2D eigenvalue weighted by Crippen LogP contribution is -2.36. The van der Waals surface area contributed by atoms with Crippen LogP contribution in [0, 0.1) is 5.92 Å². The Kier molecular flexibility index (Phi) is 7.30. The van der Waals surface area contributed by atoms with Gasteiger partial charge in [-0.05, 0) is 48.6 Å². The van der Waals surface area contributed by atoms with E-state index in [0.29, 0.717) is 17.5 Å². The molecule has 168 valence electrons. The second-order valence-corrected chi connectivity index (χ2v) is 9.59. The summed E-state index contributed by atoms with van der Waals surface area (Å²) in [7, 11) is 0. The van der Waals surface area contributed by atoms with E-state index in [-0.39, 0.29) is 11.2 Å². The Morgan fingerprint density at radius 2 is 1.72 bits per heavy atom. The van der Waals surface area contributed by atoms with Gasteiger partial charge in [-0.3, -0.25) is 9.36 Å². The third-order valence-electron chi connectivity index (χ3n) is 6.03. The fraction of sp³-hybridized carbons (Fsp3) is 0.423. The quantitative estimate of drug-likeness (QED) is 0.466. The van der Waals surface area contributed by atoms with Crippen molar-refractivity contribution in [3.8, 4) is 5.69 Å². The highest BCUT2D eigenvalue weighted by Gasteiger charge is 2.22. The van der Waals surface area contributed by atoms with Crippen molar-refractivity contribution in [2.24, 2.45) is 5.92 Å². The van der Waals surface area contributed by atoms with E-state index >= 15 is 0 Å². The van der Waals surface area contributed by atoms with Gasteiger partial charge in [0.05, 0.1) is 5.25 Å². The van der Waals surface area contributed by atoms with Crippen molar-refractivity contribution >= 4 is 18.5 Å². The lowest BCUT2D eigenvalue weighted by Gasteiger charge is -2.22. The van der Waals surface area contributed by atoms with Gasteiger partial charge in [-0.15, -0.1) is 10.2 Å². The van der Waals surface area contributed by atoms with Crippen LogP contribution in [0.1, 0.15) is 78.8 Å². The Hall–Kier alpha value is -2.60. The second kappa shape index (κ2) is 10.3. The Morgan fingerprint density at radius 1 is 1.03 bits per heavy atom. The van der Waals surface area contributed by atoms with E-state index in [4.69, 9.17) is 12.6 Å². The van der Waals surface area contributed by atoms with Crippen molar-refractivity contribution in [1.82, 2.24) is 20.1 Å². The van der Waals surface area contributed by atoms with Crippen LogP contribution in [0.15, 0.2) is 54.6 Å². The Balaban J connectivity index is 1.56. The lowest BCUT2D eigenvalue weighted by atomic mass is 9.95. The molecule has 1 unspecified atom stereocenters. The standard InChI is InChI=1S/C26H32N4OS/c1-18(2)17-23-28-29-25(30(23)22-11-7-4-8-12-22)24(32)19-13-15-20(16-14-19)26(31)27-21-9-5-3-6-10-21/h4,7-8,11-16,18,21,24,32H,3,5-6,9-10,17H2,1-2H3,(H,27,31). The van der Waals surface area contributed by atoms with E-state index in [2.05, 4.69) is 46.1 Å². The van der Waals surface area contributed by atoms with Gasteiger partial charge in [0.1, 0.15) is 5.82 Å². The van der Waals surface area contributed by atoms with Gasteiger partial charge in [-0.2, -0.15) is 12.6 Å². The van der Waals surface area contributed by atoms with Crippen LogP contribution in [-0.4, -0.2) is 26.7 Å². The maximum Gasteiger partial charge on any atom is 0.251 e. The fourth-order valence-electron chi connectivity index (χ4n) is 4.34. The van der Waals surface area contributed by atoms with E-state index in [1.54, 1.807) is 0 Å². The Labute approximate surface area is 196 Å².